The second kappa shape index (κ2) is 9.29. The van der Waals surface area contributed by atoms with Gasteiger partial charge in [0.15, 0.2) is 10.9 Å². The number of aromatic nitrogens is 2. The van der Waals surface area contributed by atoms with Crippen molar-refractivity contribution in [2.45, 2.75) is 26.6 Å². The molecule has 0 bridgehead atoms. The Morgan fingerprint density at radius 3 is 2.59 bits per heavy atom. The first-order chi connectivity index (χ1) is 14.9. The number of nitrogens with one attached hydrogen (secondary N) is 1. The van der Waals surface area contributed by atoms with Gasteiger partial charge in [-0.1, -0.05) is 42.9 Å². The molecule has 0 aliphatic rings. The Morgan fingerprint density at radius 2 is 2.00 bits per heavy atom. The molecule has 1 amide bonds. The van der Waals surface area contributed by atoms with Crippen LogP contribution in [0.15, 0.2) is 36.7 Å². The average molecular weight is 490 g/mol. The van der Waals surface area contributed by atoms with Crippen LogP contribution in [-0.2, 0) is 12.7 Å². The summed E-state index contributed by atoms with van der Waals surface area (Å²) in [5, 5.41) is 2.54. The van der Waals surface area contributed by atoms with E-state index in [1.165, 1.54) is 29.1 Å². The van der Waals surface area contributed by atoms with E-state index in [-0.39, 0.29) is 40.4 Å². The SMILES string of the molecule is CC(C)C(=O)c1cc(OC(=O)Nc2ncc(Cl)s2)n(Cc2ccc(F)c(C(F)(F)F)c2)c1. The van der Waals surface area contributed by atoms with Gasteiger partial charge in [-0.2, -0.15) is 13.2 Å². The van der Waals surface area contributed by atoms with Crippen LogP contribution in [0.2, 0.25) is 4.34 Å². The molecule has 0 aliphatic carbocycles. The number of hydrogen-bond donors (Lipinski definition) is 1. The number of carbonyl (C=O) groups excluding carboxylic acids is 2. The lowest BCUT2D eigenvalue weighted by Crippen LogP contribution is -2.18. The molecule has 3 aromatic rings. The zero-order valence-corrected chi connectivity index (χ0v) is 18.2. The summed E-state index contributed by atoms with van der Waals surface area (Å²) in [4.78, 5) is 28.5. The van der Waals surface area contributed by atoms with Gasteiger partial charge >= 0.3 is 12.3 Å². The lowest BCUT2D eigenvalue weighted by Gasteiger charge is -2.12. The fourth-order valence-electron chi connectivity index (χ4n) is 2.77. The molecule has 6 nitrogen and oxygen atoms in total. The van der Waals surface area contributed by atoms with Crippen LogP contribution in [-0.4, -0.2) is 21.4 Å². The first kappa shape index (κ1) is 23.7. The third-order valence-electron chi connectivity index (χ3n) is 4.24. The first-order valence-electron chi connectivity index (χ1n) is 9.14. The number of thiazole rings is 1. The van der Waals surface area contributed by atoms with Crippen LogP contribution < -0.4 is 10.1 Å². The summed E-state index contributed by atoms with van der Waals surface area (Å²) in [6, 6.07) is 3.86. The summed E-state index contributed by atoms with van der Waals surface area (Å²) in [6.07, 6.45) is -3.11. The van der Waals surface area contributed by atoms with E-state index in [9.17, 15) is 27.2 Å². The molecule has 0 atom stereocenters. The highest BCUT2D eigenvalue weighted by Gasteiger charge is 2.34. The number of ketones is 1. The molecule has 12 heteroatoms. The second-order valence-electron chi connectivity index (χ2n) is 7.01. The number of amides is 1. The number of alkyl halides is 3. The molecule has 0 aliphatic heterocycles. The van der Waals surface area contributed by atoms with Crippen molar-refractivity contribution in [3.05, 3.63) is 63.5 Å². The summed E-state index contributed by atoms with van der Waals surface area (Å²) >= 11 is 6.75. The van der Waals surface area contributed by atoms with Crippen LogP contribution in [0.4, 0.5) is 27.5 Å². The van der Waals surface area contributed by atoms with Crippen LogP contribution in [0.5, 0.6) is 5.88 Å². The minimum absolute atomic E-state index is 0.0907. The zero-order valence-electron chi connectivity index (χ0n) is 16.7. The van der Waals surface area contributed by atoms with Crippen LogP contribution in [0.3, 0.4) is 0 Å². The molecule has 32 heavy (non-hydrogen) atoms. The average Bonchev–Trinajstić information content (AvgIpc) is 3.27. The predicted molar refractivity (Wildman–Crippen MR) is 111 cm³/mol. The number of halogens is 5. The molecule has 170 valence electrons. The Hall–Kier alpha value is -2.92. The topological polar surface area (TPSA) is 73.2 Å². The summed E-state index contributed by atoms with van der Waals surface area (Å²) < 4.78 is 59.6. The Morgan fingerprint density at radius 1 is 1.28 bits per heavy atom. The number of hydrogen-bond acceptors (Lipinski definition) is 5. The molecule has 0 spiro atoms. The number of nitrogens with zero attached hydrogens (tertiary/aromatic N) is 2. The van der Waals surface area contributed by atoms with E-state index in [2.05, 4.69) is 10.3 Å². The first-order valence-corrected chi connectivity index (χ1v) is 10.3. The Kier molecular flexibility index (Phi) is 6.89. The van der Waals surface area contributed by atoms with E-state index in [1.807, 2.05) is 0 Å². The normalized spacial score (nSPS) is 11.6. The Balaban J connectivity index is 1.90. The summed E-state index contributed by atoms with van der Waals surface area (Å²) in [5.74, 6) is -2.11. The van der Waals surface area contributed by atoms with Gasteiger partial charge in [0.05, 0.1) is 18.3 Å². The van der Waals surface area contributed by atoms with Crippen LogP contribution in [0, 0.1) is 11.7 Å². The second-order valence-corrected chi connectivity index (χ2v) is 8.67. The van der Waals surface area contributed by atoms with Crippen LogP contribution in [0.1, 0.15) is 35.3 Å². The maximum Gasteiger partial charge on any atom is 0.420 e. The largest absolute Gasteiger partial charge is 0.420 e. The molecular weight excluding hydrogens is 474 g/mol. The predicted octanol–water partition coefficient (Wildman–Crippen LogP) is 6.25. The molecule has 0 saturated carbocycles. The fourth-order valence-corrected chi connectivity index (χ4v) is 3.57. The maximum absolute atomic E-state index is 13.6. The van der Waals surface area contributed by atoms with E-state index in [4.69, 9.17) is 16.3 Å². The van der Waals surface area contributed by atoms with Gasteiger partial charge in [-0.3, -0.25) is 10.1 Å². The molecule has 1 aromatic carbocycles. The lowest BCUT2D eigenvalue weighted by molar-refractivity contribution is -0.140. The van der Waals surface area contributed by atoms with Crippen molar-refractivity contribution in [1.82, 2.24) is 9.55 Å². The minimum Gasteiger partial charge on any atom is -0.393 e. The van der Waals surface area contributed by atoms with Gasteiger partial charge in [0.25, 0.3) is 0 Å². The fraction of sp³-hybridized carbons (Fsp3) is 0.250. The quantitative estimate of drug-likeness (QED) is 0.328. The van der Waals surface area contributed by atoms with Crippen molar-refractivity contribution in [3.63, 3.8) is 0 Å². The summed E-state index contributed by atoms with van der Waals surface area (Å²) in [5.41, 5.74) is -1.12. The minimum atomic E-state index is -4.87. The molecule has 0 saturated heterocycles. The smallest absolute Gasteiger partial charge is 0.393 e. The third kappa shape index (κ3) is 5.65. The van der Waals surface area contributed by atoms with Crippen molar-refractivity contribution < 1.29 is 31.9 Å². The van der Waals surface area contributed by atoms with Gasteiger partial charge in [0, 0.05) is 23.7 Å². The molecule has 0 fully saturated rings. The lowest BCUT2D eigenvalue weighted by atomic mass is 10.0. The van der Waals surface area contributed by atoms with Crippen LogP contribution in [0.25, 0.3) is 0 Å². The van der Waals surface area contributed by atoms with Crippen LogP contribution >= 0.6 is 22.9 Å². The highest BCUT2D eigenvalue weighted by Crippen LogP contribution is 2.32. The van der Waals surface area contributed by atoms with E-state index in [0.29, 0.717) is 16.5 Å². The van der Waals surface area contributed by atoms with E-state index in [0.717, 1.165) is 11.3 Å². The van der Waals surface area contributed by atoms with Gasteiger partial charge in [0.2, 0.25) is 5.88 Å². The molecule has 2 heterocycles. The number of anilines is 1. The van der Waals surface area contributed by atoms with Gasteiger partial charge in [-0.15, -0.1) is 0 Å². The highest BCUT2D eigenvalue weighted by molar-refractivity contribution is 7.19. The van der Waals surface area contributed by atoms with Crippen molar-refractivity contribution >= 4 is 39.9 Å². The number of ether oxygens (including phenoxy) is 1. The summed E-state index contributed by atoms with van der Waals surface area (Å²) in [7, 11) is 0. The Labute approximate surface area is 188 Å². The van der Waals surface area contributed by atoms with Crippen molar-refractivity contribution in [1.29, 1.82) is 0 Å². The van der Waals surface area contributed by atoms with Gasteiger partial charge in [-0.05, 0) is 17.7 Å². The highest BCUT2D eigenvalue weighted by atomic mass is 35.5. The molecule has 3 rings (SSSR count). The van der Waals surface area contributed by atoms with Crippen molar-refractivity contribution in [3.8, 4) is 5.88 Å². The van der Waals surface area contributed by atoms with Gasteiger partial charge < -0.3 is 9.30 Å². The van der Waals surface area contributed by atoms with Gasteiger partial charge in [-0.25, -0.2) is 14.2 Å². The third-order valence-corrected chi connectivity index (χ3v) is 5.27. The van der Waals surface area contributed by atoms with Gasteiger partial charge in [0.1, 0.15) is 10.2 Å². The molecule has 0 unspecified atom stereocenters. The molecule has 1 N–H and O–H groups in total. The molecular formula is C20H16ClF4N3O3S. The molecule has 2 aromatic heterocycles. The van der Waals surface area contributed by atoms with Crippen molar-refractivity contribution in [2.24, 2.45) is 5.92 Å². The standard InChI is InChI=1S/C20H16ClF4N3O3S/c1-10(2)17(29)12-6-16(31-19(30)27-18-26-7-15(21)32-18)28(9-12)8-11-3-4-14(22)13(5-11)20(23,24)25/h3-7,9-10H,8H2,1-2H3,(H,26,27,30). The van der Waals surface area contributed by atoms with E-state index < -0.39 is 23.7 Å². The summed E-state index contributed by atoms with van der Waals surface area (Å²) in [6.45, 7) is 3.14. The maximum atomic E-state index is 13.6. The van der Waals surface area contributed by atoms with E-state index >= 15 is 0 Å². The monoisotopic (exact) mass is 489 g/mol. The van der Waals surface area contributed by atoms with Crippen molar-refractivity contribution in [2.75, 3.05) is 5.32 Å². The number of Topliss-reactive ketones (excluding diaryl/α,β-unsaturated/α-hetero) is 1. The number of benzene rings is 1. The number of carbonyl (C=O) groups is 2. The molecule has 0 radical (unpaired) electrons. The number of rotatable bonds is 6. The zero-order chi connectivity index (χ0) is 23.6. The Bertz CT molecular complexity index is 1160. The van der Waals surface area contributed by atoms with E-state index in [1.54, 1.807) is 13.8 Å².